The fourth-order valence-corrected chi connectivity index (χ4v) is 8.86. The van der Waals surface area contributed by atoms with Crippen LogP contribution in [-0.4, -0.2) is 5.79 Å². The van der Waals surface area contributed by atoms with Gasteiger partial charge in [0.1, 0.15) is 46.5 Å². The maximum absolute atomic E-state index is 14.3. The Hall–Kier alpha value is -2.90. The third-order valence-corrected chi connectivity index (χ3v) is 10.4. The third kappa shape index (κ3) is 7.35. The zero-order valence-electron chi connectivity index (χ0n) is 21.7. The van der Waals surface area contributed by atoms with Crippen molar-refractivity contribution in [3.05, 3.63) is 119 Å². The molecule has 0 amide bonds. The molecule has 4 aromatic rings. The van der Waals surface area contributed by atoms with Crippen LogP contribution < -0.4 is 21.2 Å². The Labute approximate surface area is 239 Å². The Morgan fingerprint density at radius 1 is 0.381 bits per heavy atom. The molecule has 0 radical (unpaired) electrons. The highest BCUT2D eigenvalue weighted by molar-refractivity contribution is 7.69. The van der Waals surface area contributed by atoms with Crippen LogP contribution in [0.1, 0.15) is 32.1 Å². The van der Waals surface area contributed by atoms with E-state index < -0.39 is 68.6 Å². The summed E-state index contributed by atoms with van der Waals surface area (Å²) in [7, 11) is -4.70. The largest absolute Gasteiger partial charge is 0.317 e. The normalized spacial score (nSPS) is 15.0. The van der Waals surface area contributed by atoms with E-state index in [1.165, 1.54) is 0 Å². The predicted octanol–water partition coefficient (Wildman–Crippen LogP) is 7.89. The Morgan fingerprint density at radius 2 is 0.619 bits per heavy atom. The van der Waals surface area contributed by atoms with E-state index >= 15 is 0 Å². The second-order valence-electron chi connectivity index (χ2n) is 9.75. The first-order valence-electron chi connectivity index (χ1n) is 12.8. The van der Waals surface area contributed by atoms with E-state index in [0.29, 0.717) is 37.1 Å². The molecule has 0 heterocycles. The van der Waals surface area contributed by atoms with Crippen molar-refractivity contribution in [2.24, 2.45) is 0 Å². The number of hydrogen-bond acceptors (Lipinski definition) is 2. The van der Waals surface area contributed by atoms with Gasteiger partial charge in [0.2, 0.25) is 0 Å². The fraction of sp³-hybridized carbons (Fsp3) is 0.200. The molecule has 5 rings (SSSR count). The van der Waals surface area contributed by atoms with E-state index in [1.807, 2.05) is 0 Å². The van der Waals surface area contributed by atoms with Gasteiger partial charge in [-0.2, -0.15) is 0 Å². The average molecular weight is 628 g/mol. The van der Waals surface area contributed by atoms with Crippen molar-refractivity contribution in [1.29, 1.82) is 0 Å². The Balaban J connectivity index is 1.64. The summed E-state index contributed by atoms with van der Waals surface area (Å²) in [5, 5.41) is -0.226. The van der Waals surface area contributed by atoms with Gasteiger partial charge < -0.3 is 9.05 Å². The van der Waals surface area contributed by atoms with Crippen LogP contribution in [0.2, 0.25) is 0 Å². The first-order valence-corrected chi connectivity index (χ1v) is 15.3. The minimum atomic E-state index is -2.35. The molecule has 0 unspecified atom stereocenters. The maximum atomic E-state index is 14.3. The van der Waals surface area contributed by atoms with Crippen molar-refractivity contribution < 1.29 is 44.2 Å². The molecule has 1 aliphatic carbocycles. The Morgan fingerprint density at radius 3 is 0.857 bits per heavy atom. The summed E-state index contributed by atoms with van der Waals surface area (Å²) in [5.74, 6) is -9.27. The first kappa shape index (κ1) is 30.6. The second kappa shape index (κ2) is 12.8. The van der Waals surface area contributed by atoms with Crippen LogP contribution in [0.3, 0.4) is 0 Å². The summed E-state index contributed by atoms with van der Waals surface area (Å²) in [6, 6.07) is 10.3. The molecule has 12 heteroatoms. The van der Waals surface area contributed by atoms with Gasteiger partial charge in [0.05, 0.1) is 16.3 Å². The topological polar surface area (TPSA) is 18.5 Å². The van der Waals surface area contributed by atoms with Crippen LogP contribution in [0, 0.1) is 46.5 Å². The van der Waals surface area contributed by atoms with Crippen LogP contribution in [0.25, 0.3) is 0 Å². The molecule has 0 aliphatic heterocycles. The molecule has 0 saturated heterocycles. The SMILES string of the molecule is Fc1cc(F)cc(P(OC2(OP(c3cc(F)cc(F)c3)c3cc(F)cc(F)c3)CCCCC2)c2cc(F)cc(F)c2)c1. The lowest BCUT2D eigenvalue weighted by Gasteiger charge is -2.42. The summed E-state index contributed by atoms with van der Waals surface area (Å²) in [4.78, 5) is 0. The highest BCUT2D eigenvalue weighted by Gasteiger charge is 2.42. The smallest absolute Gasteiger partial charge is 0.177 e. The molecule has 1 aliphatic rings. The van der Waals surface area contributed by atoms with E-state index in [2.05, 4.69) is 0 Å². The molecular weight excluding hydrogens is 606 g/mol. The summed E-state index contributed by atoms with van der Waals surface area (Å²) in [6.07, 6.45) is 2.12. The molecule has 0 bridgehead atoms. The minimum absolute atomic E-state index is 0.0565. The first-order chi connectivity index (χ1) is 20.0. The van der Waals surface area contributed by atoms with Crippen molar-refractivity contribution in [2.45, 2.75) is 37.9 Å². The summed E-state index contributed by atoms with van der Waals surface area (Å²) < 4.78 is 128. The summed E-state index contributed by atoms with van der Waals surface area (Å²) in [5.41, 5.74) is 0. The predicted molar refractivity (Wildman–Crippen MR) is 146 cm³/mol. The number of benzene rings is 4. The lowest BCUT2D eigenvalue weighted by Crippen LogP contribution is -2.39. The molecule has 1 saturated carbocycles. The van der Waals surface area contributed by atoms with Crippen LogP contribution in [0.4, 0.5) is 35.1 Å². The van der Waals surface area contributed by atoms with Crippen LogP contribution in [0.5, 0.6) is 0 Å². The highest BCUT2D eigenvalue weighted by Crippen LogP contribution is 2.52. The Kier molecular flexibility index (Phi) is 9.28. The number of rotatable bonds is 8. The molecule has 220 valence electrons. The van der Waals surface area contributed by atoms with Crippen LogP contribution >= 0.6 is 16.3 Å². The lowest BCUT2D eigenvalue weighted by atomic mass is 9.95. The van der Waals surface area contributed by atoms with Gasteiger partial charge >= 0.3 is 0 Å². The standard InChI is InChI=1S/C30H22F8O2P2/c31-18-6-19(32)11-26(10-18)41(27-12-20(33)7-21(34)13-27)39-30(4-2-1-3-5-30)40-42(28-14-22(35)8-23(36)15-28)29-16-24(37)9-25(38)17-29/h6-17H,1-5H2. The van der Waals surface area contributed by atoms with Gasteiger partial charge in [-0.05, 0) is 61.4 Å². The zero-order valence-corrected chi connectivity index (χ0v) is 23.5. The van der Waals surface area contributed by atoms with Crippen LogP contribution in [-0.2, 0) is 9.05 Å². The van der Waals surface area contributed by atoms with Crippen molar-refractivity contribution in [1.82, 2.24) is 0 Å². The van der Waals surface area contributed by atoms with E-state index in [9.17, 15) is 35.1 Å². The van der Waals surface area contributed by atoms with Crippen molar-refractivity contribution >= 4 is 37.5 Å². The van der Waals surface area contributed by atoms with Crippen molar-refractivity contribution in [2.75, 3.05) is 0 Å². The molecule has 2 nitrogen and oxygen atoms in total. The van der Waals surface area contributed by atoms with Gasteiger partial charge in [-0.15, -0.1) is 0 Å². The molecule has 0 atom stereocenters. The lowest BCUT2D eigenvalue weighted by molar-refractivity contribution is -0.121. The van der Waals surface area contributed by atoms with Gasteiger partial charge in [-0.25, -0.2) is 35.1 Å². The third-order valence-electron chi connectivity index (χ3n) is 6.46. The molecule has 0 N–H and O–H groups in total. The van der Waals surface area contributed by atoms with Crippen molar-refractivity contribution in [3.63, 3.8) is 0 Å². The summed E-state index contributed by atoms with van der Waals surface area (Å²) >= 11 is 0. The van der Waals surface area contributed by atoms with E-state index in [1.54, 1.807) is 0 Å². The van der Waals surface area contributed by atoms with Crippen LogP contribution in [0.15, 0.2) is 72.8 Å². The molecule has 42 heavy (non-hydrogen) atoms. The van der Waals surface area contributed by atoms with Gasteiger partial charge in [-0.3, -0.25) is 0 Å². The zero-order chi connectivity index (χ0) is 30.0. The molecule has 0 spiro atoms. The monoisotopic (exact) mass is 628 g/mol. The summed E-state index contributed by atoms with van der Waals surface area (Å²) in [6.45, 7) is 0. The highest BCUT2D eigenvalue weighted by atomic mass is 31.1. The second-order valence-corrected chi connectivity index (χ2v) is 13.4. The fourth-order valence-electron chi connectivity index (χ4n) is 4.76. The van der Waals surface area contributed by atoms with Crippen molar-refractivity contribution in [3.8, 4) is 0 Å². The van der Waals surface area contributed by atoms with E-state index in [0.717, 1.165) is 55.0 Å². The van der Waals surface area contributed by atoms with E-state index in [4.69, 9.17) is 9.05 Å². The van der Waals surface area contributed by atoms with Gasteiger partial charge in [0, 0.05) is 58.3 Å². The van der Waals surface area contributed by atoms with Gasteiger partial charge in [0.15, 0.2) is 5.79 Å². The maximum Gasteiger partial charge on any atom is 0.177 e. The number of hydrogen-bond donors (Lipinski definition) is 0. The Bertz CT molecular complexity index is 1300. The van der Waals surface area contributed by atoms with E-state index in [-0.39, 0.29) is 34.1 Å². The molecule has 4 aromatic carbocycles. The average Bonchev–Trinajstić information content (AvgIpc) is 2.89. The van der Waals surface area contributed by atoms with Gasteiger partial charge in [-0.1, -0.05) is 6.42 Å². The minimum Gasteiger partial charge on any atom is -0.317 e. The quantitative estimate of drug-likeness (QED) is 0.112. The molecular formula is C30H22F8O2P2. The number of halogens is 8. The molecule has 0 aromatic heterocycles. The molecule has 1 fully saturated rings. The van der Waals surface area contributed by atoms with Gasteiger partial charge in [0.25, 0.3) is 0 Å².